The van der Waals surface area contributed by atoms with Gasteiger partial charge in [-0.3, -0.25) is 14.5 Å². The van der Waals surface area contributed by atoms with Gasteiger partial charge in [-0.2, -0.15) is 5.10 Å². The van der Waals surface area contributed by atoms with E-state index in [1.807, 2.05) is 6.07 Å². The number of aryl methyl sites for hydroxylation is 1. The Kier molecular flexibility index (Phi) is 5.20. The van der Waals surface area contributed by atoms with Gasteiger partial charge in [0.05, 0.1) is 36.0 Å². The standard InChI is InChI=1S/C17H16N7O4PS/c1-23-9-13(15(22-23)12-5-3-4-6-18-12)20-16(25)14-10-30-17(21-14)11-7-19-24(8-11)28-29(2,26)27/h3-10H,1-2H3,(H,20,25)(H,26,27). The topological polar surface area (TPSA) is 137 Å². The predicted molar refractivity (Wildman–Crippen MR) is 110 cm³/mol. The van der Waals surface area contributed by atoms with E-state index in [4.69, 9.17) is 4.62 Å². The van der Waals surface area contributed by atoms with Gasteiger partial charge in [0.1, 0.15) is 16.4 Å². The zero-order valence-electron chi connectivity index (χ0n) is 15.8. The van der Waals surface area contributed by atoms with Gasteiger partial charge in [0, 0.05) is 24.8 Å². The SMILES string of the molecule is Cn1cc(NC(=O)c2csc(-c3cnn(OP(C)(=O)O)c3)n2)c(-c2ccccn2)n1. The van der Waals surface area contributed by atoms with Gasteiger partial charge >= 0.3 is 7.60 Å². The molecule has 13 heteroatoms. The summed E-state index contributed by atoms with van der Waals surface area (Å²) in [5, 5.41) is 13.2. The lowest BCUT2D eigenvalue weighted by Gasteiger charge is -2.05. The van der Waals surface area contributed by atoms with Gasteiger partial charge in [0.2, 0.25) is 0 Å². The normalized spacial score (nSPS) is 13.0. The molecule has 0 spiro atoms. The number of pyridine rings is 1. The van der Waals surface area contributed by atoms with Crippen molar-refractivity contribution in [1.29, 1.82) is 0 Å². The van der Waals surface area contributed by atoms with E-state index in [1.165, 1.54) is 23.7 Å². The van der Waals surface area contributed by atoms with Crippen molar-refractivity contribution in [3.63, 3.8) is 0 Å². The van der Waals surface area contributed by atoms with Crippen molar-refractivity contribution < 1.29 is 18.9 Å². The van der Waals surface area contributed by atoms with Crippen LogP contribution in [0, 0.1) is 0 Å². The lowest BCUT2D eigenvalue weighted by atomic mass is 10.2. The maximum atomic E-state index is 12.7. The fraction of sp³-hybridized carbons (Fsp3) is 0.118. The third kappa shape index (κ3) is 4.46. The van der Waals surface area contributed by atoms with Gasteiger partial charge in [-0.25, -0.2) is 9.55 Å². The molecule has 4 aromatic heterocycles. The van der Waals surface area contributed by atoms with Gasteiger partial charge in [0.25, 0.3) is 5.91 Å². The molecule has 0 bridgehead atoms. The van der Waals surface area contributed by atoms with Crippen LogP contribution in [0.2, 0.25) is 0 Å². The van der Waals surface area contributed by atoms with Crippen molar-refractivity contribution in [3.8, 4) is 22.0 Å². The molecule has 0 aliphatic carbocycles. The molecule has 0 saturated heterocycles. The van der Waals surface area contributed by atoms with Crippen LogP contribution in [0.4, 0.5) is 5.69 Å². The van der Waals surface area contributed by atoms with Gasteiger partial charge in [0.15, 0.2) is 0 Å². The summed E-state index contributed by atoms with van der Waals surface area (Å²) in [6, 6.07) is 5.45. The van der Waals surface area contributed by atoms with E-state index in [-0.39, 0.29) is 5.69 Å². The fourth-order valence-electron chi connectivity index (χ4n) is 2.58. The van der Waals surface area contributed by atoms with Gasteiger partial charge in [-0.15, -0.1) is 16.4 Å². The second kappa shape index (κ2) is 7.82. The number of aromatic nitrogens is 6. The van der Waals surface area contributed by atoms with Crippen LogP contribution >= 0.6 is 18.9 Å². The minimum atomic E-state index is -3.74. The number of hydrogen-bond donors (Lipinski definition) is 2. The first-order chi connectivity index (χ1) is 14.3. The molecule has 0 aliphatic heterocycles. The van der Waals surface area contributed by atoms with E-state index in [9.17, 15) is 14.3 Å². The first-order valence-corrected chi connectivity index (χ1v) is 11.5. The van der Waals surface area contributed by atoms with Gasteiger partial charge in [-0.05, 0) is 12.1 Å². The number of hydrogen-bond acceptors (Lipinski definition) is 8. The first-order valence-electron chi connectivity index (χ1n) is 8.56. The molecular formula is C17H16N7O4PS. The zero-order chi connectivity index (χ0) is 21.3. The lowest BCUT2D eigenvalue weighted by Crippen LogP contribution is -2.12. The molecule has 11 nitrogen and oxygen atoms in total. The molecule has 1 unspecified atom stereocenters. The highest BCUT2D eigenvalue weighted by Crippen LogP contribution is 2.32. The van der Waals surface area contributed by atoms with E-state index in [1.54, 1.807) is 41.6 Å². The van der Waals surface area contributed by atoms with Crippen LogP contribution in [0.25, 0.3) is 22.0 Å². The highest BCUT2D eigenvalue weighted by atomic mass is 32.1. The summed E-state index contributed by atoms with van der Waals surface area (Å²) in [6.45, 7) is 1.05. The van der Waals surface area contributed by atoms with Crippen molar-refractivity contribution in [2.24, 2.45) is 7.05 Å². The van der Waals surface area contributed by atoms with Crippen molar-refractivity contribution in [2.75, 3.05) is 12.0 Å². The third-order valence-corrected chi connectivity index (χ3v) is 5.13. The van der Waals surface area contributed by atoms with Crippen LogP contribution in [-0.4, -0.2) is 47.2 Å². The Labute approximate surface area is 174 Å². The van der Waals surface area contributed by atoms with Crippen LogP contribution in [0.3, 0.4) is 0 Å². The maximum Gasteiger partial charge on any atom is 0.394 e. The van der Waals surface area contributed by atoms with E-state index >= 15 is 0 Å². The Morgan fingerprint density at radius 2 is 2.17 bits per heavy atom. The van der Waals surface area contributed by atoms with Crippen LogP contribution in [0.1, 0.15) is 10.5 Å². The summed E-state index contributed by atoms with van der Waals surface area (Å²) in [6.07, 6.45) is 6.18. The molecule has 30 heavy (non-hydrogen) atoms. The Morgan fingerprint density at radius 3 is 2.90 bits per heavy atom. The molecule has 1 amide bonds. The van der Waals surface area contributed by atoms with Crippen LogP contribution < -0.4 is 9.94 Å². The third-order valence-electron chi connectivity index (χ3n) is 3.76. The number of anilines is 1. The molecular weight excluding hydrogens is 429 g/mol. The van der Waals surface area contributed by atoms with Crippen molar-refractivity contribution in [2.45, 2.75) is 0 Å². The molecule has 154 valence electrons. The van der Waals surface area contributed by atoms with Crippen molar-refractivity contribution in [1.82, 2.24) is 29.7 Å². The Bertz CT molecular complexity index is 1240. The molecule has 0 radical (unpaired) electrons. The lowest BCUT2D eigenvalue weighted by molar-refractivity contribution is 0.102. The summed E-state index contributed by atoms with van der Waals surface area (Å²) in [7, 11) is -1.98. The number of carbonyl (C=O) groups is 1. The molecule has 4 aromatic rings. The van der Waals surface area contributed by atoms with E-state index < -0.39 is 13.5 Å². The molecule has 0 fully saturated rings. The van der Waals surface area contributed by atoms with Crippen molar-refractivity contribution in [3.05, 3.63) is 54.1 Å². The monoisotopic (exact) mass is 445 g/mol. The summed E-state index contributed by atoms with van der Waals surface area (Å²) in [5.41, 5.74) is 2.45. The largest absolute Gasteiger partial charge is 0.394 e. The van der Waals surface area contributed by atoms with E-state index in [0.29, 0.717) is 27.6 Å². The van der Waals surface area contributed by atoms with Crippen LogP contribution in [0.15, 0.2) is 48.4 Å². The molecule has 4 heterocycles. The van der Waals surface area contributed by atoms with E-state index in [0.717, 1.165) is 11.5 Å². The first kappa shape index (κ1) is 20.0. The van der Waals surface area contributed by atoms with Crippen LogP contribution in [0.5, 0.6) is 0 Å². The minimum Gasteiger partial charge on any atom is -0.317 e. The Hall–Kier alpha value is -3.34. The number of thiazole rings is 1. The molecule has 0 aliphatic rings. The second-order valence-electron chi connectivity index (χ2n) is 6.29. The Morgan fingerprint density at radius 1 is 1.33 bits per heavy atom. The van der Waals surface area contributed by atoms with Crippen LogP contribution in [-0.2, 0) is 11.6 Å². The summed E-state index contributed by atoms with van der Waals surface area (Å²) < 4.78 is 17.7. The molecule has 0 saturated carbocycles. The Balaban J connectivity index is 1.53. The van der Waals surface area contributed by atoms with Gasteiger partial charge < -0.3 is 14.8 Å². The number of carbonyl (C=O) groups excluding carboxylic acids is 1. The zero-order valence-corrected chi connectivity index (χ0v) is 17.5. The number of amides is 1. The highest BCUT2D eigenvalue weighted by Gasteiger charge is 2.19. The van der Waals surface area contributed by atoms with E-state index in [2.05, 4.69) is 25.5 Å². The number of nitrogens with zero attached hydrogens (tertiary/aromatic N) is 6. The number of nitrogens with one attached hydrogen (secondary N) is 1. The minimum absolute atomic E-state index is 0.211. The average molecular weight is 445 g/mol. The quantitative estimate of drug-likeness (QED) is 0.431. The smallest absolute Gasteiger partial charge is 0.317 e. The molecule has 1 atom stereocenters. The summed E-state index contributed by atoms with van der Waals surface area (Å²) in [4.78, 5) is 31.5. The summed E-state index contributed by atoms with van der Waals surface area (Å²) >= 11 is 1.23. The highest BCUT2D eigenvalue weighted by molar-refractivity contribution is 7.52. The fourth-order valence-corrected chi connectivity index (χ4v) is 3.76. The molecule has 0 aromatic carbocycles. The second-order valence-corrected chi connectivity index (χ2v) is 8.92. The van der Waals surface area contributed by atoms with Gasteiger partial charge in [-0.1, -0.05) is 10.9 Å². The summed E-state index contributed by atoms with van der Waals surface area (Å²) in [5.74, 6) is -0.403. The van der Waals surface area contributed by atoms with Crippen molar-refractivity contribution >= 4 is 30.5 Å². The average Bonchev–Trinajstić information content (AvgIpc) is 3.41. The number of rotatable bonds is 6. The predicted octanol–water partition coefficient (Wildman–Crippen LogP) is 2.30. The molecule has 2 N–H and O–H groups in total. The molecule has 4 rings (SSSR count). The maximum absolute atomic E-state index is 12.7.